The fourth-order valence-electron chi connectivity index (χ4n) is 4.68. The smallest absolute Gasteiger partial charge is 0.271 e. The number of para-hydroxylation sites is 2. The molecule has 2 fully saturated rings. The van der Waals surface area contributed by atoms with Crippen molar-refractivity contribution in [3.8, 4) is 0 Å². The monoisotopic (exact) mass is 489 g/mol. The molecular weight excluding hydrogens is 454 g/mol. The summed E-state index contributed by atoms with van der Waals surface area (Å²) in [6.45, 7) is 7.05. The van der Waals surface area contributed by atoms with Crippen LogP contribution in [0.2, 0.25) is 0 Å². The molecule has 190 valence electrons. The highest BCUT2D eigenvalue weighted by molar-refractivity contribution is 5.93. The van der Waals surface area contributed by atoms with Crippen molar-refractivity contribution in [1.82, 2.24) is 30.2 Å². The van der Waals surface area contributed by atoms with Crippen LogP contribution in [-0.4, -0.2) is 90.1 Å². The minimum absolute atomic E-state index is 0.204. The molecule has 1 amide bonds. The van der Waals surface area contributed by atoms with E-state index in [2.05, 4.69) is 48.4 Å². The molecule has 5 rings (SSSR count). The number of hydrogen-bond acceptors (Lipinski definition) is 9. The molecule has 2 aliphatic heterocycles. The van der Waals surface area contributed by atoms with Gasteiger partial charge in [-0.25, -0.2) is 4.98 Å². The van der Waals surface area contributed by atoms with Crippen LogP contribution in [0.25, 0.3) is 11.0 Å². The van der Waals surface area contributed by atoms with Gasteiger partial charge in [-0.1, -0.05) is 12.1 Å². The Morgan fingerprint density at radius 3 is 2.39 bits per heavy atom. The number of likely N-dealkylation sites (N-methyl/N-ethyl adjacent to an activating group) is 1. The van der Waals surface area contributed by atoms with Gasteiger partial charge < -0.3 is 25.3 Å². The summed E-state index contributed by atoms with van der Waals surface area (Å²) in [5, 5.41) is 6.44. The zero-order valence-corrected chi connectivity index (χ0v) is 21.0. The molecule has 2 aromatic heterocycles. The molecule has 0 bridgehead atoms. The van der Waals surface area contributed by atoms with Gasteiger partial charge in [-0.05, 0) is 44.9 Å². The van der Waals surface area contributed by atoms with Crippen LogP contribution in [0.5, 0.6) is 0 Å². The molecule has 10 nitrogen and oxygen atoms in total. The van der Waals surface area contributed by atoms with Crippen molar-refractivity contribution in [3.05, 3.63) is 42.2 Å². The summed E-state index contributed by atoms with van der Waals surface area (Å²) in [4.78, 5) is 37.7. The molecular formula is C26H35N9O. The van der Waals surface area contributed by atoms with Crippen molar-refractivity contribution in [2.75, 3.05) is 74.5 Å². The van der Waals surface area contributed by atoms with Crippen molar-refractivity contribution in [2.24, 2.45) is 0 Å². The maximum atomic E-state index is 12.5. The van der Waals surface area contributed by atoms with Gasteiger partial charge in [-0.3, -0.25) is 9.78 Å². The van der Waals surface area contributed by atoms with E-state index in [9.17, 15) is 4.79 Å². The summed E-state index contributed by atoms with van der Waals surface area (Å²) in [6.07, 6.45) is 6.38. The lowest BCUT2D eigenvalue weighted by molar-refractivity contribution is 0.0945. The summed E-state index contributed by atoms with van der Waals surface area (Å²) >= 11 is 0. The van der Waals surface area contributed by atoms with Gasteiger partial charge in [-0.2, -0.15) is 9.97 Å². The van der Waals surface area contributed by atoms with Gasteiger partial charge in [0.2, 0.25) is 5.95 Å². The second-order valence-corrected chi connectivity index (χ2v) is 9.53. The molecule has 36 heavy (non-hydrogen) atoms. The third-order valence-corrected chi connectivity index (χ3v) is 6.78. The Balaban J connectivity index is 1.10. The molecule has 3 aromatic rings. The fraction of sp³-hybridized carbons (Fsp3) is 0.500. The molecule has 2 saturated heterocycles. The maximum absolute atomic E-state index is 12.5. The molecule has 2 aliphatic rings. The molecule has 0 saturated carbocycles. The predicted octanol–water partition coefficient (Wildman–Crippen LogP) is 2.39. The Bertz CT molecular complexity index is 1140. The molecule has 4 heterocycles. The summed E-state index contributed by atoms with van der Waals surface area (Å²) in [5.74, 6) is 2.54. The average molecular weight is 490 g/mol. The molecule has 2 N–H and O–H groups in total. The van der Waals surface area contributed by atoms with E-state index in [1.165, 1.54) is 31.9 Å². The molecule has 1 aromatic carbocycles. The summed E-state index contributed by atoms with van der Waals surface area (Å²) in [6, 6.07) is 9.62. The first kappa shape index (κ1) is 24.2. The van der Waals surface area contributed by atoms with E-state index in [1.54, 1.807) is 0 Å². The van der Waals surface area contributed by atoms with E-state index >= 15 is 0 Å². The minimum Gasteiger partial charge on any atom is -0.369 e. The highest BCUT2D eigenvalue weighted by atomic mass is 16.1. The van der Waals surface area contributed by atoms with Crippen LogP contribution in [0, 0.1) is 0 Å². The van der Waals surface area contributed by atoms with Crippen LogP contribution >= 0.6 is 0 Å². The number of rotatable bonds is 10. The van der Waals surface area contributed by atoms with Gasteiger partial charge in [0.25, 0.3) is 5.91 Å². The van der Waals surface area contributed by atoms with Crippen molar-refractivity contribution in [1.29, 1.82) is 0 Å². The van der Waals surface area contributed by atoms with E-state index in [1.807, 2.05) is 24.3 Å². The number of nitrogens with zero attached hydrogens (tertiary/aromatic N) is 7. The minimum atomic E-state index is -0.204. The third kappa shape index (κ3) is 5.99. The lowest BCUT2D eigenvalue weighted by Crippen LogP contribution is -2.35. The van der Waals surface area contributed by atoms with Gasteiger partial charge in [-0.15, -0.1) is 0 Å². The molecule has 0 unspecified atom stereocenters. The second-order valence-electron chi connectivity index (χ2n) is 9.53. The van der Waals surface area contributed by atoms with E-state index in [0.717, 1.165) is 74.4 Å². The van der Waals surface area contributed by atoms with E-state index in [-0.39, 0.29) is 5.91 Å². The second kappa shape index (κ2) is 11.5. The lowest BCUT2D eigenvalue weighted by atomic mass is 10.3. The predicted molar refractivity (Wildman–Crippen MR) is 143 cm³/mol. The number of carbonyl (C=O) groups is 1. The molecule has 0 spiro atoms. The van der Waals surface area contributed by atoms with Crippen molar-refractivity contribution < 1.29 is 4.79 Å². The number of fused-ring (bicyclic) bond motifs is 1. The third-order valence-electron chi connectivity index (χ3n) is 6.78. The van der Waals surface area contributed by atoms with Crippen LogP contribution < -0.4 is 20.4 Å². The van der Waals surface area contributed by atoms with Gasteiger partial charge in [0, 0.05) is 58.4 Å². The Morgan fingerprint density at radius 1 is 0.917 bits per heavy atom. The normalized spacial score (nSPS) is 15.7. The highest BCUT2D eigenvalue weighted by Crippen LogP contribution is 2.25. The quantitative estimate of drug-likeness (QED) is 0.444. The van der Waals surface area contributed by atoms with Crippen LogP contribution in [0.15, 0.2) is 36.5 Å². The molecule has 10 heteroatoms. The number of amides is 1. The number of hydrogen-bond donors (Lipinski definition) is 2. The van der Waals surface area contributed by atoms with Crippen molar-refractivity contribution in [2.45, 2.75) is 25.7 Å². The Labute approximate surface area is 212 Å². The Hall–Kier alpha value is -3.53. The first-order valence-electron chi connectivity index (χ1n) is 13.0. The summed E-state index contributed by atoms with van der Waals surface area (Å²) in [5.41, 5.74) is 1.84. The number of anilines is 3. The maximum Gasteiger partial charge on any atom is 0.271 e. The van der Waals surface area contributed by atoms with Gasteiger partial charge in [0.15, 0.2) is 0 Å². The number of carbonyl (C=O) groups excluding carboxylic acids is 1. The topological polar surface area (TPSA) is 102 Å². The zero-order chi connectivity index (χ0) is 24.7. The van der Waals surface area contributed by atoms with Crippen LogP contribution in [0.3, 0.4) is 0 Å². The van der Waals surface area contributed by atoms with Crippen molar-refractivity contribution >= 4 is 34.5 Å². The summed E-state index contributed by atoms with van der Waals surface area (Å²) < 4.78 is 0. The Kier molecular flexibility index (Phi) is 7.70. The van der Waals surface area contributed by atoms with E-state index in [0.29, 0.717) is 12.2 Å². The van der Waals surface area contributed by atoms with Crippen LogP contribution in [0.4, 0.5) is 17.6 Å². The Morgan fingerprint density at radius 2 is 1.61 bits per heavy atom. The first-order valence-corrected chi connectivity index (χ1v) is 13.0. The first-order chi connectivity index (χ1) is 17.7. The molecule has 0 atom stereocenters. The van der Waals surface area contributed by atoms with Crippen LogP contribution in [0.1, 0.15) is 36.2 Å². The van der Waals surface area contributed by atoms with Gasteiger partial charge in [0.05, 0.1) is 17.2 Å². The highest BCUT2D eigenvalue weighted by Gasteiger charge is 2.20. The fourth-order valence-corrected chi connectivity index (χ4v) is 4.68. The SMILES string of the molecule is CN(CCNC(=O)c1cnc2ccccc2n1)CCNc1cc(N2CCCC2)nc(N2CCCC2)n1. The number of aromatic nitrogens is 4. The molecule has 0 aliphatic carbocycles. The number of nitrogens with one attached hydrogen (secondary N) is 2. The summed E-state index contributed by atoms with van der Waals surface area (Å²) in [7, 11) is 2.05. The van der Waals surface area contributed by atoms with Gasteiger partial charge >= 0.3 is 0 Å². The zero-order valence-electron chi connectivity index (χ0n) is 21.0. The van der Waals surface area contributed by atoms with E-state index in [4.69, 9.17) is 9.97 Å². The molecule has 0 radical (unpaired) electrons. The van der Waals surface area contributed by atoms with Gasteiger partial charge in [0.1, 0.15) is 17.3 Å². The largest absolute Gasteiger partial charge is 0.369 e. The lowest BCUT2D eigenvalue weighted by Gasteiger charge is -2.22. The standard InChI is InChI=1S/C26H35N9O/c1-33(17-11-28-25(36)22-19-29-20-8-2-3-9-21(20)30-22)16-10-27-23-18-24(34-12-4-5-13-34)32-26(31-23)35-14-6-7-15-35/h2-3,8-9,18-19H,4-7,10-17H2,1H3,(H,28,36)(H,27,31,32). The van der Waals surface area contributed by atoms with Crippen molar-refractivity contribution in [3.63, 3.8) is 0 Å². The average Bonchev–Trinajstić information content (AvgIpc) is 3.63. The van der Waals surface area contributed by atoms with Crippen LogP contribution in [-0.2, 0) is 0 Å². The van der Waals surface area contributed by atoms with E-state index < -0.39 is 0 Å². The number of benzene rings is 1.